The van der Waals surface area contributed by atoms with E-state index in [1.807, 2.05) is 6.07 Å². The van der Waals surface area contributed by atoms with Crippen molar-refractivity contribution in [1.82, 2.24) is 0 Å². The molecule has 1 aromatic rings. The zero-order valence-electron chi connectivity index (χ0n) is 6.40. The van der Waals surface area contributed by atoms with Gasteiger partial charge in [0.1, 0.15) is 4.34 Å². The van der Waals surface area contributed by atoms with Gasteiger partial charge in [0.25, 0.3) is 0 Å². The second-order valence-corrected chi connectivity index (χ2v) is 5.50. The third kappa shape index (κ3) is 2.87. The summed E-state index contributed by atoms with van der Waals surface area (Å²) in [5.41, 5.74) is 1.29. The molecule has 0 atom stereocenters. The summed E-state index contributed by atoms with van der Waals surface area (Å²) in [7, 11) is 0. The molecule has 0 amide bonds. The Morgan fingerprint density at radius 2 is 2.42 bits per heavy atom. The predicted octanol–water partition coefficient (Wildman–Crippen LogP) is 4.96. The first-order valence-electron chi connectivity index (χ1n) is 3.31. The molecule has 12 heavy (non-hydrogen) atoms. The standard InChI is InChI=1S/C8H7Br2ClS/c1-5(4-9)2-6-3-7(10)8(11)12-6/h2-3H,4H2,1H3. The number of thiophene rings is 1. The summed E-state index contributed by atoms with van der Waals surface area (Å²) in [4.78, 5) is 1.18. The van der Waals surface area contributed by atoms with E-state index in [9.17, 15) is 0 Å². The lowest BCUT2D eigenvalue weighted by Crippen LogP contribution is -1.72. The van der Waals surface area contributed by atoms with E-state index in [0.717, 1.165) is 14.1 Å². The molecule has 0 spiro atoms. The highest BCUT2D eigenvalue weighted by Crippen LogP contribution is 2.33. The second kappa shape index (κ2) is 4.80. The van der Waals surface area contributed by atoms with E-state index in [0.29, 0.717) is 0 Å². The minimum absolute atomic E-state index is 0.809. The highest BCUT2D eigenvalue weighted by Gasteiger charge is 2.01. The zero-order valence-corrected chi connectivity index (χ0v) is 11.1. The lowest BCUT2D eigenvalue weighted by Gasteiger charge is -1.89. The van der Waals surface area contributed by atoms with Gasteiger partial charge in [0.15, 0.2) is 0 Å². The highest BCUT2D eigenvalue weighted by atomic mass is 79.9. The molecule has 0 radical (unpaired) electrons. The average Bonchev–Trinajstić information content (AvgIpc) is 2.31. The molecule has 0 N–H and O–H groups in total. The summed E-state index contributed by atoms with van der Waals surface area (Å²) in [6.45, 7) is 2.08. The molecule has 0 unspecified atom stereocenters. The van der Waals surface area contributed by atoms with Crippen molar-refractivity contribution in [3.05, 3.63) is 25.3 Å². The molecule has 0 nitrogen and oxygen atoms in total. The van der Waals surface area contributed by atoms with Crippen LogP contribution < -0.4 is 0 Å². The Hall–Kier alpha value is 0.690. The predicted molar refractivity (Wildman–Crippen MR) is 64.5 cm³/mol. The summed E-state index contributed by atoms with van der Waals surface area (Å²) in [6.07, 6.45) is 2.12. The van der Waals surface area contributed by atoms with Crippen molar-refractivity contribution in [2.45, 2.75) is 6.92 Å². The van der Waals surface area contributed by atoms with Crippen LogP contribution >= 0.6 is 54.8 Å². The van der Waals surface area contributed by atoms with Crippen LogP contribution in [0.25, 0.3) is 6.08 Å². The first kappa shape index (κ1) is 10.8. The Labute approximate surface area is 97.9 Å². The Balaban J connectivity index is 2.90. The summed E-state index contributed by atoms with van der Waals surface area (Å²) in [5, 5.41) is 0.903. The zero-order chi connectivity index (χ0) is 9.14. The molecule has 0 saturated heterocycles. The molecule has 0 aliphatic rings. The fourth-order valence-electron chi connectivity index (χ4n) is 0.716. The van der Waals surface area contributed by atoms with Gasteiger partial charge in [0, 0.05) is 14.7 Å². The number of rotatable bonds is 2. The number of halogens is 3. The van der Waals surface area contributed by atoms with Gasteiger partial charge in [-0.15, -0.1) is 11.3 Å². The molecule has 66 valence electrons. The van der Waals surface area contributed by atoms with E-state index in [1.54, 1.807) is 11.3 Å². The number of alkyl halides is 1. The molecule has 0 aliphatic carbocycles. The minimum atomic E-state index is 0.809. The topological polar surface area (TPSA) is 0 Å². The first-order chi connectivity index (χ1) is 5.63. The Kier molecular flexibility index (Phi) is 4.30. The summed E-state index contributed by atoms with van der Waals surface area (Å²) < 4.78 is 1.78. The van der Waals surface area contributed by atoms with E-state index in [2.05, 4.69) is 44.9 Å². The molecule has 0 aliphatic heterocycles. The van der Waals surface area contributed by atoms with Crippen molar-refractivity contribution < 1.29 is 0 Å². The van der Waals surface area contributed by atoms with E-state index in [4.69, 9.17) is 11.6 Å². The van der Waals surface area contributed by atoms with Crippen LogP contribution in [0.5, 0.6) is 0 Å². The molecule has 1 rings (SSSR count). The van der Waals surface area contributed by atoms with E-state index >= 15 is 0 Å². The van der Waals surface area contributed by atoms with Gasteiger partial charge in [-0.2, -0.15) is 0 Å². The second-order valence-electron chi connectivity index (χ2n) is 2.39. The maximum absolute atomic E-state index is 5.89. The van der Waals surface area contributed by atoms with Gasteiger partial charge in [-0.05, 0) is 35.0 Å². The molecular formula is C8H7Br2ClS. The van der Waals surface area contributed by atoms with Gasteiger partial charge in [-0.1, -0.05) is 33.1 Å². The van der Waals surface area contributed by atoms with Gasteiger partial charge in [-0.25, -0.2) is 0 Å². The van der Waals surface area contributed by atoms with Crippen molar-refractivity contribution in [3.8, 4) is 0 Å². The van der Waals surface area contributed by atoms with Crippen molar-refractivity contribution in [1.29, 1.82) is 0 Å². The van der Waals surface area contributed by atoms with Gasteiger partial charge in [-0.3, -0.25) is 0 Å². The Morgan fingerprint density at radius 1 is 1.75 bits per heavy atom. The smallest absolute Gasteiger partial charge is 0.108 e. The van der Waals surface area contributed by atoms with Gasteiger partial charge in [0.2, 0.25) is 0 Å². The fraction of sp³-hybridized carbons (Fsp3) is 0.250. The number of hydrogen-bond donors (Lipinski definition) is 0. The quantitative estimate of drug-likeness (QED) is 0.672. The van der Waals surface area contributed by atoms with Crippen molar-refractivity contribution >= 4 is 60.9 Å². The summed E-state index contributed by atoms with van der Waals surface area (Å²) in [5.74, 6) is 0. The maximum Gasteiger partial charge on any atom is 0.108 e. The highest BCUT2D eigenvalue weighted by molar-refractivity contribution is 9.10. The third-order valence-corrected chi connectivity index (χ3v) is 4.57. The monoisotopic (exact) mass is 328 g/mol. The summed E-state index contributed by atoms with van der Waals surface area (Å²) in [6, 6.07) is 2.03. The van der Waals surface area contributed by atoms with Gasteiger partial charge in [0.05, 0.1) is 0 Å². The van der Waals surface area contributed by atoms with E-state index in [-0.39, 0.29) is 0 Å². The van der Waals surface area contributed by atoms with Crippen molar-refractivity contribution in [2.75, 3.05) is 5.33 Å². The maximum atomic E-state index is 5.89. The molecular weight excluding hydrogens is 323 g/mol. The third-order valence-electron chi connectivity index (χ3n) is 1.26. The minimum Gasteiger partial charge on any atom is -0.123 e. The molecule has 1 heterocycles. The first-order valence-corrected chi connectivity index (χ1v) is 6.42. The molecule has 4 heteroatoms. The summed E-state index contributed by atoms with van der Waals surface area (Å²) >= 11 is 14.2. The molecule has 0 bridgehead atoms. The normalized spacial score (nSPS) is 12.2. The van der Waals surface area contributed by atoms with Crippen LogP contribution in [0.15, 0.2) is 16.1 Å². The average molecular weight is 330 g/mol. The van der Waals surface area contributed by atoms with Crippen LogP contribution in [0.2, 0.25) is 4.34 Å². The molecule has 0 saturated carbocycles. The SMILES string of the molecule is CC(=Cc1cc(Br)c(Cl)s1)CBr. The van der Waals surface area contributed by atoms with Crippen LogP contribution in [-0.4, -0.2) is 5.33 Å². The van der Waals surface area contributed by atoms with E-state index < -0.39 is 0 Å². The van der Waals surface area contributed by atoms with Crippen molar-refractivity contribution in [3.63, 3.8) is 0 Å². The van der Waals surface area contributed by atoms with Crippen LogP contribution in [-0.2, 0) is 0 Å². The van der Waals surface area contributed by atoms with Crippen LogP contribution in [0.4, 0.5) is 0 Å². The molecule has 1 aromatic heterocycles. The number of hydrogen-bond acceptors (Lipinski definition) is 1. The van der Waals surface area contributed by atoms with Crippen molar-refractivity contribution in [2.24, 2.45) is 0 Å². The Bertz CT molecular complexity index is 285. The van der Waals surface area contributed by atoms with Crippen LogP contribution in [0.1, 0.15) is 11.8 Å². The molecule has 0 fully saturated rings. The van der Waals surface area contributed by atoms with Gasteiger partial charge < -0.3 is 0 Å². The van der Waals surface area contributed by atoms with Crippen LogP contribution in [0.3, 0.4) is 0 Å². The van der Waals surface area contributed by atoms with E-state index in [1.165, 1.54) is 10.5 Å². The lowest BCUT2D eigenvalue weighted by molar-refractivity contribution is 1.46. The fourth-order valence-corrected chi connectivity index (χ4v) is 2.64. The number of allylic oxidation sites excluding steroid dienone is 1. The van der Waals surface area contributed by atoms with Crippen LogP contribution in [0, 0.1) is 0 Å². The van der Waals surface area contributed by atoms with Gasteiger partial charge >= 0.3 is 0 Å². The molecule has 0 aromatic carbocycles. The Morgan fingerprint density at radius 3 is 2.83 bits per heavy atom. The lowest BCUT2D eigenvalue weighted by atomic mass is 10.3. The largest absolute Gasteiger partial charge is 0.123 e.